The molecule has 0 aliphatic rings. The van der Waals surface area contributed by atoms with Crippen LogP contribution < -0.4 is 11.1 Å². The summed E-state index contributed by atoms with van der Waals surface area (Å²) in [6.07, 6.45) is 7.21. The Balaban J connectivity index is 2.46. The van der Waals surface area contributed by atoms with Crippen LogP contribution in [-0.2, 0) is 0 Å². The molecular weight excluding hydrogens is 164 g/mol. The zero-order chi connectivity index (χ0) is 9.52. The topological polar surface area (TPSA) is 63.8 Å². The molecule has 4 heteroatoms. The second-order valence-electron chi connectivity index (χ2n) is 2.96. The van der Waals surface area contributed by atoms with E-state index in [0.29, 0.717) is 12.6 Å². The minimum Gasteiger partial charge on any atom is -0.365 e. The van der Waals surface area contributed by atoms with Crippen molar-refractivity contribution in [2.45, 2.75) is 25.8 Å². The van der Waals surface area contributed by atoms with E-state index in [2.05, 4.69) is 22.2 Å². The van der Waals surface area contributed by atoms with Crippen molar-refractivity contribution in [3.63, 3.8) is 0 Å². The van der Waals surface area contributed by atoms with Gasteiger partial charge in [0.1, 0.15) is 5.82 Å². The molecule has 3 N–H and O–H groups in total. The highest BCUT2D eigenvalue weighted by atomic mass is 15.0. The molecule has 13 heavy (non-hydrogen) atoms. The lowest BCUT2D eigenvalue weighted by Gasteiger charge is -2.15. The van der Waals surface area contributed by atoms with Crippen molar-refractivity contribution in [2.75, 3.05) is 11.9 Å². The molecule has 0 fully saturated rings. The van der Waals surface area contributed by atoms with Gasteiger partial charge in [0.15, 0.2) is 0 Å². The summed E-state index contributed by atoms with van der Waals surface area (Å²) in [6, 6.07) is 0.307. The molecule has 0 aliphatic carbocycles. The van der Waals surface area contributed by atoms with Crippen LogP contribution in [0.5, 0.6) is 0 Å². The highest BCUT2D eigenvalue weighted by molar-refractivity contribution is 5.31. The molecule has 0 radical (unpaired) electrons. The summed E-state index contributed by atoms with van der Waals surface area (Å²) in [5.41, 5.74) is 5.60. The molecule has 1 rings (SSSR count). The van der Waals surface area contributed by atoms with Crippen molar-refractivity contribution >= 4 is 5.82 Å². The van der Waals surface area contributed by atoms with Gasteiger partial charge in [-0.25, -0.2) is 4.98 Å². The molecule has 0 aliphatic heterocycles. The number of rotatable bonds is 5. The summed E-state index contributed by atoms with van der Waals surface area (Å²) in [6.45, 7) is 2.77. The molecule has 72 valence electrons. The van der Waals surface area contributed by atoms with Gasteiger partial charge in [0.05, 0.1) is 6.20 Å². The van der Waals surface area contributed by atoms with Crippen LogP contribution in [0.3, 0.4) is 0 Å². The maximum absolute atomic E-state index is 5.60. The van der Waals surface area contributed by atoms with E-state index in [1.807, 2.05) is 0 Å². The molecule has 0 bridgehead atoms. The highest BCUT2D eigenvalue weighted by Crippen LogP contribution is 2.04. The molecule has 1 heterocycles. The molecular formula is C9H16N4. The van der Waals surface area contributed by atoms with Gasteiger partial charge >= 0.3 is 0 Å². The third kappa shape index (κ3) is 3.38. The van der Waals surface area contributed by atoms with E-state index in [9.17, 15) is 0 Å². The summed E-state index contributed by atoms with van der Waals surface area (Å²) in [4.78, 5) is 8.09. The van der Waals surface area contributed by atoms with E-state index in [1.165, 1.54) is 0 Å². The Labute approximate surface area is 78.6 Å². The summed E-state index contributed by atoms with van der Waals surface area (Å²) < 4.78 is 0. The summed E-state index contributed by atoms with van der Waals surface area (Å²) in [5, 5.41) is 3.23. The van der Waals surface area contributed by atoms with Crippen LogP contribution >= 0.6 is 0 Å². The first-order chi connectivity index (χ1) is 6.36. The quantitative estimate of drug-likeness (QED) is 0.710. The van der Waals surface area contributed by atoms with Crippen LogP contribution in [0.25, 0.3) is 0 Å². The number of nitrogens with zero attached hydrogens (tertiary/aromatic N) is 2. The Morgan fingerprint density at radius 3 is 2.92 bits per heavy atom. The van der Waals surface area contributed by atoms with E-state index in [4.69, 9.17) is 5.73 Å². The second-order valence-corrected chi connectivity index (χ2v) is 2.96. The molecule has 0 amide bonds. The van der Waals surface area contributed by atoms with Gasteiger partial charge < -0.3 is 11.1 Å². The van der Waals surface area contributed by atoms with Gasteiger partial charge in [-0.05, 0) is 6.42 Å². The molecule has 0 saturated heterocycles. The van der Waals surface area contributed by atoms with Crippen molar-refractivity contribution < 1.29 is 0 Å². The van der Waals surface area contributed by atoms with Crippen LogP contribution in [0.2, 0.25) is 0 Å². The van der Waals surface area contributed by atoms with E-state index < -0.39 is 0 Å². The van der Waals surface area contributed by atoms with Crippen LogP contribution in [0.4, 0.5) is 5.82 Å². The minimum absolute atomic E-state index is 0.307. The first-order valence-corrected chi connectivity index (χ1v) is 4.59. The second kappa shape index (κ2) is 5.48. The van der Waals surface area contributed by atoms with Crippen molar-refractivity contribution in [1.29, 1.82) is 0 Å². The van der Waals surface area contributed by atoms with Gasteiger partial charge in [0, 0.05) is 25.0 Å². The molecule has 1 unspecified atom stereocenters. The number of nitrogens with two attached hydrogens (primary N) is 1. The largest absolute Gasteiger partial charge is 0.365 e. The maximum Gasteiger partial charge on any atom is 0.144 e. The van der Waals surface area contributed by atoms with Gasteiger partial charge in [-0.2, -0.15) is 0 Å². The molecule has 0 spiro atoms. The Kier molecular flexibility index (Phi) is 4.18. The lowest BCUT2D eigenvalue weighted by molar-refractivity contribution is 0.645. The fraction of sp³-hybridized carbons (Fsp3) is 0.556. The SMILES string of the molecule is CCCC(CN)Nc1cnccn1. The molecule has 1 aromatic rings. The van der Waals surface area contributed by atoms with Crippen LogP contribution in [0.15, 0.2) is 18.6 Å². The van der Waals surface area contributed by atoms with Crippen molar-refractivity contribution in [3.05, 3.63) is 18.6 Å². The lowest BCUT2D eigenvalue weighted by Crippen LogP contribution is -2.28. The highest BCUT2D eigenvalue weighted by Gasteiger charge is 2.04. The summed E-state index contributed by atoms with van der Waals surface area (Å²) in [7, 11) is 0. The van der Waals surface area contributed by atoms with Gasteiger partial charge in [-0.1, -0.05) is 13.3 Å². The predicted molar refractivity (Wildman–Crippen MR) is 53.4 cm³/mol. The normalized spacial score (nSPS) is 12.5. The maximum atomic E-state index is 5.60. The fourth-order valence-corrected chi connectivity index (χ4v) is 1.18. The minimum atomic E-state index is 0.307. The fourth-order valence-electron chi connectivity index (χ4n) is 1.18. The molecule has 1 aromatic heterocycles. The molecule has 1 atom stereocenters. The van der Waals surface area contributed by atoms with Crippen LogP contribution in [0.1, 0.15) is 19.8 Å². The smallest absolute Gasteiger partial charge is 0.144 e. The van der Waals surface area contributed by atoms with E-state index >= 15 is 0 Å². The number of anilines is 1. The lowest BCUT2D eigenvalue weighted by atomic mass is 10.2. The number of hydrogen-bond acceptors (Lipinski definition) is 4. The third-order valence-electron chi connectivity index (χ3n) is 1.84. The third-order valence-corrected chi connectivity index (χ3v) is 1.84. The van der Waals surface area contributed by atoms with Crippen molar-refractivity contribution in [2.24, 2.45) is 5.73 Å². The number of nitrogens with one attached hydrogen (secondary N) is 1. The van der Waals surface area contributed by atoms with Crippen molar-refractivity contribution in [1.82, 2.24) is 9.97 Å². The van der Waals surface area contributed by atoms with Crippen molar-refractivity contribution in [3.8, 4) is 0 Å². The first-order valence-electron chi connectivity index (χ1n) is 4.59. The monoisotopic (exact) mass is 180 g/mol. The van der Waals surface area contributed by atoms with Gasteiger partial charge in [-0.3, -0.25) is 4.98 Å². The Morgan fingerprint density at radius 1 is 1.54 bits per heavy atom. The van der Waals surface area contributed by atoms with Crippen LogP contribution in [0, 0.1) is 0 Å². The molecule has 0 saturated carbocycles. The average molecular weight is 180 g/mol. The number of hydrogen-bond donors (Lipinski definition) is 2. The predicted octanol–water partition coefficient (Wildman–Crippen LogP) is 1.02. The molecule has 0 aromatic carbocycles. The van der Waals surface area contributed by atoms with Gasteiger partial charge in [-0.15, -0.1) is 0 Å². The van der Waals surface area contributed by atoms with Gasteiger partial charge in [0.25, 0.3) is 0 Å². The van der Waals surface area contributed by atoms with Gasteiger partial charge in [0.2, 0.25) is 0 Å². The molecule has 4 nitrogen and oxygen atoms in total. The van der Waals surface area contributed by atoms with E-state index in [1.54, 1.807) is 18.6 Å². The zero-order valence-corrected chi connectivity index (χ0v) is 7.90. The Morgan fingerprint density at radius 2 is 2.38 bits per heavy atom. The summed E-state index contributed by atoms with van der Waals surface area (Å²) in [5.74, 6) is 0.798. The Hall–Kier alpha value is -1.16. The Bertz CT molecular complexity index is 224. The first kappa shape index (κ1) is 9.92. The standard InChI is InChI=1S/C9H16N4/c1-2-3-8(6-10)13-9-7-11-4-5-12-9/h4-5,7-8H,2-3,6,10H2,1H3,(H,12,13). The average Bonchev–Trinajstić information content (AvgIpc) is 2.19. The zero-order valence-electron chi connectivity index (χ0n) is 7.90. The number of aromatic nitrogens is 2. The van der Waals surface area contributed by atoms with Crippen LogP contribution in [-0.4, -0.2) is 22.6 Å². The summed E-state index contributed by atoms with van der Waals surface area (Å²) >= 11 is 0. The van der Waals surface area contributed by atoms with E-state index in [-0.39, 0.29) is 0 Å². The van der Waals surface area contributed by atoms with E-state index in [0.717, 1.165) is 18.7 Å².